The van der Waals surface area contributed by atoms with Gasteiger partial charge >= 0.3 is 0 Å². The molecule has 1 heterocycles. The van der Waals surface area contributed by atoms with Gasteiger partial charge < -0.3 is 14.3 Å². The zero-order valence-electron chi connectivity index (χ0n) is 12.2. The average Bonchev–Trinajstić information content (AvgIpc) is 2.35. The molecule has 1 aromatic carbocycles. The first-order valence-corrected chi connectivity index (χ1v) is 6.80. The summed E-state index contributed by atoms with van der Waals surface area (Å²) in [6.07, 6.45) is 1.83. The van der Waals surface area contributed by atoms with E-state index in [9.17, 15) is 0 Å². The third-order valence-corrected chi connectivity index (χ3v) is 3.18. The quantitative estimate of drug-likeness (QED) is 0.830. The summed E-state index contributed by atoms with van der Waals surface area (Å²) in [5.41, 5.74) is 3.90. The summed E-state index contributed by atoms with van der Waals surface area (Å²) in [6, 6.07) is 6.13. The maximum atomic E-state index is 6.10. The van der Waals surface area contributed by atoms with E-state index in [0.29, 0.717) is 6.61 Å². The largest absolute Gasteiger partial charge is 0.490 e. The number of fused-ring (bicyclic) bond motifs is 1. The predicted molar refractivity (Wildman–Crippen MR) is 74.4 cm³/mol. The van der Waals surface area contributed by atoms with E-state index in [4.69, 9.17) is 14.3 Å². The van der Waals surface area contributed by atoms with Gasteiger partial charge in [0.05, 0.1) is 19.8 Å². The molecule has 106 valence electrons. The minimum Gasteiger partial charge on any atom is -0.490 e. The molecule has 4 nitrogen and oxygen atoms in total. The summed E-state index contributed by atoms with van der Waals surface area (Å²) < 4.78 is 11.9. The third-order valence-electron chi connectivity index (χ3n) is 3.18. The minimum atomic E-state index is -0.241. The van der Waals surface area contributed by atoms with Crippen molar-refractivity contribution in [1.29, 1.82) is 0 Å². The van der Waals surface area contributed by atoms with Gasteiger partial charge in [-0.15, -0.1) is 0 Å². The summed E-state index contributed by atoms with van der Waals surface area (Å²) in [4.78, 5) is 5.11. The highest BCUT2D eigenvalue weighted by Crippen LogP contribution is 2.44. The van der Waals surface area contributed by atoms with E-state index < -0.39 is 0 Å². The molecular formula is C15H23NO3. The first kappa shape index (κ1) is 14.2. The Morgan fingerprint density at radius 3 is 2.89 bits per heavy atom. The SMILES string of the molecule is CCCOc1cccc2c1OC(C)(C)CC2NOC. The van der Waals surface area contributed by atoms with Gasteiger partial charge in [-0.05, 0) is 26.3 Å². The Labute approximate surface area is 115 Å². The Balaban J connectivity index is 2.35. The van der Waals surface area contributed by atoms with E-state index in [-0.39, 0.29) is 11.6 Å². The second kappa shape index (κ2) is 5.80. The summed E-state index contributed by atoms with van der Waals surface area (Å²) >= 11 is 0. The minimum absolute atomic E-state index is 0.119. The lowest BCUT2D eigenvalue weighted by Gasteiger charge is -2.38. The number of ether oxygens (including phenoxy) is 2. The fourth-order valence-electron chi connectivity index (χ4n) is 2.41. The van der Waals surface area contributed by atoms with E-state index in [1.165, 1.54) is 0 Å². The molecule has 0 saturated carbocycles. The fourth-order valence-corrected chi connectivity index (χ4v) is 2.41. The van der Waals surface area contributed by atoms with E-state index in [1.807, 2.05) is 12.1 Å². The van der Waals surface area contributed by atoms with Crippen LogP contribution in [0, 0.1) is 0 Å². The van der Waals surface area contributed by atoms with Crippen LogP contribution in [-0.2, 0) is 4.84 Å². The molecule has 2 rings (SSSR count). The summed E-state index contributed by atoms with van der Waals surface area (Å²) in [5, 5.41) is 0. The molecule has 1 atom stereocenters. The van der Waals surface area contributed by atoms with Crippen LogP contribution in [0.25, 0.3) is 0 Å². The average molecular weight is 265 g/mol. The van der Waals surface area contributed by atoms with Gasteiger partial charge in [0.1, 0.15) is 5.60 Å². The van der Waals surface area contributed by atoms with Gasteiger partial charge in [0, 0.05) is 12.0 Å². The topological polar surface area (TPSA) is 39.7 Å². The summed E-state index contributed by atoms with van der Waals surface area (Å²) in [7, 11) is 1.64. The number of nitrogens with one attached hydrogen (secondary N) is 1. The normalized spacial score (nSPS) is 20.5. The highest BCUT2D eigenvalue weighted by Gasteiger charge is 2.35. The van der Waals surface area contributed by atoms with Gasteiger partial charge in [-0.25, -0.2) is 0 Å². The number of rotatable bonds is 5. The monoisotopic (exact) mass is 265 g/mol. The Morgan fingerprint density at radius 1 is 1.42 bits per heavy atom. The van der Waals surface area contributed by atoms with Crippen molar-refractivity contribution in [2.75, 3.05) is 13.7 Å². The smallest absolute Gasteiger partial charge is 0.166 e. The first-order valence-electron chi connectivity index (χ1n) is 6.80. The van der Waals surface area contributed by atoms with Crippen molar-refractivity contribution >= 4 is 0 Å². The second-order valence-electron chi connectivity index (χ2n) is 5.46. The molecule has 4 heteroatoms. The molecule has 0 saturated heterocycles. The summed E-state index contributed by atoms with van der Waals surface area (Å²) in [5.74, 6) is 1.65. The molecule has 19 heavy (non-hydrogen) atoms. The van der Waals surface area contributed by atoms with Crippen LogP contribution in [0.4, 0.5) is 0 Å². The van der Waals surface area contributed by atoms with Crippen LogP contribution in [0.1, 0.15) is 45.2 Å². The molecule has 0 bridgehead atoms. The van der Waals surface area contributed by atoms with E-state index in [0.717, 1.165) is 29.9 Å². The molecule has 0 fully saturated rings. The molecule has 0 aliphatic carbocycles. The number of para-hydroxylation sites is 1. The van der Waals surface area contributed by atoms with Crippen LogP contribution in [0.2, 0.25) is 0 Å². The lowest BCUT2D eigenvalue weighted by molar-refractivity contribution is 0.00124. The molecular weight excluding hydrogens is 242 g/mol. The third kappa shape index (κ3) is 3.19. The zero-order valence-corrected chi connectivity index (χ0v) is 12.2. The van der Waals surface area contributed by atoms with Gasteiger partial charge in [-0.1, -0.05) is 19.1 Å². The molecule has 0 spiro atoms. The fraction of sp³-hybridized carbons (Fsp3) is 0.600. The second-order valence-corrected chi connectivity index (χ2v) is 5.46. The Morgan fingerprint density at radius 2 is 2.21 bits per heavy atom. The van der Waals surface area contributed by atoms with Crippen molar-refractivity contribution in [2.45, 2.75) is 45.3 Å². The Hall–Kier alpha value is -1.26. The van der Waals surface area contributed by atoms with Crippen LogP contribution in [0.15, 0.2) is 18.2 Å². The lowest BCUT2D eigenvalue weighted by atomic mass is 9.90. The van der Waals surface area contributed by atoms with Crippen LogP contribution >= 0.6 is 0 Å². The van der Waals surface area contributed by atoms with Crippen molar-refractivity contribution in [2.24, 2.45) is 0 Å². The van der Waals surface area contributed by atoms with Crippen molar-refractivity contribution < 1.29 is 14.3 Å². The number of benzene rings is 1. The maximum absolute atomic E-state index is 6.10. The molecule has 1 aliphatic rings. The Kier molecular flexibility index (Phi) is 4.32. The number of hydrogen-bond acceptors (Lipinski definition) is 4. The highest BCUT2D eigenvalue weighted by molar-refractivity contribution is 5.49. The van der Waals surface area contributed by atoms with Gasteiger partial charge in [0.25, 0.3) is 0 Å². The highest BCUT2D eigenvalue weighted by atomic mass is 16.6. The van der Waals surface area contributed by atoms with E-state index in [1.54, 1.807) is 7.11 Å². The lowest BCUT2D eigenvalue weighted by Crippen LogP contribution is -2.39. The number of hydroxylamine groups is 1. The number of hydrogen-bond donors (Lipinski definition) is 1. The van der Waals surface area contributed by atoms with Crippen molar-refractivity contribution in [3.63, 3.8) is 0 Å². The Bertz CT molecular complexity index is 431. The van der Waals surface area contributed by atoms with Crippen LogP contribution in [0.3, 0.4) is 0 Å². The molecule has 0 amide bonds. The maximum Gasteiger partial charge on any atom is 0.166 e. The molecule has 0 aromatic heterocycles. The molecule has 1 N–H and O–H groups in total. The molecule has 1 unspecified atom stereocenters. The molecule has 0 radical (unpaired) electrons. The van der Waals surface area contributed by atoms with E-state index >= 15 is 0 Å². The predicted octanol–water partition coefficient (Wildman–Crippen LogP) is 3.23. The van der Waals surface area contributed by atoms with Crippen molar-refractivity contribution in [1.82, 2.24) is 5.48 Å². The van der Waals surface area contributed by atoms with Gasteiger partial charge in [0.2, 0.25) is 0 Å². The van der Waals surface area contributed by atoms with Crippen molar-refractivity contribution in [3.8, 4) is 11.5 Å². The van der Waals surface area contributed by atoms with Crippen LogP contribution in [0.5, 0.6) is 11.5 Å². The first-order chi connectivity index (χ1) is 9.07. The van der Waals surface area contributed by atoms with Crippen LogP contribution < -0.4 is 15.0 Å². The zero-order chi connectivity index (χ0) is 13.9. The van der Waals surface area contributed by atoms with Gasteiger partial charge in [-0.2, -0.15) is 5.48 Å². The molecule has 1 aromatic rings. The van der Waals surface area contributed by atoms with Crippen LogP contribution in [-0.4, -0.2) is 19.3 Å². The van der Waals surface area contributed by atoms with Crippen molar-refractivity contribution in [3.05, 3.63) is 23.8 Å². The summed E-state index contributed by atoms with van der Waals surface area (Å²) in [6.45, 7) is 6.95. The molecule has 1 aliphatic heterocycles. The van der Waals surface area contributed by atoms with E-state index in [2.05, 4.69) is 32.3 Å². The van der Waals surface area contributed by atoms with Gasteiger partial charge in [-0.3, -0.25) is 0 Å². The standard InChI is InChI=1S/C15H23NO3/c1-5-9-18-13-8-6-7-11-12(16-17-4)10-15(2,3)19-14(11)13/h6-8,12,16H,5,9-10H2,1-4H3. The van der Waals surface area contributed by atoms with Gasteiger partial charge in [0.15, 0.2) is 11.5 Å².